The van der Waals surface area contributed by atoms with Gasteiger partial charge in [0.1, 0.15) is 0 Å². The van der Waals surface area contributed by atoms with Crippen LogP contribution in [0.1, 0.15) is 25.5 Å². The molecule has 1 amide bonds. The highest BCUT2D eigenvalue weighted by atomic mass is 16.1. The summed E-state index contributed by atoms with van der Waals surface area (Å²) >= 11 is 0. The summed E-state index contributed by atoms with van der Waals surface area (Å²) < 4.78 is 0. The van der Waals surface area contributed by atoms with Crippen molar-refractivity contribution in [2.45, 2.75) is 19.9 Å². The van der Waals surface area contributed by atoms with Gasteiger partial charge in [-0.05, 0) is 31.5 Å². The first-order valence-corrected chi connectivity index (χ1v) is 6.24. The lowest BCUT2D eigenvalue weighted by atomic mass is 9.88. The Balaban J connectivity index is 1.89. The zero-order valence-corrected chi connectivity index (χ0v) is 10.4. The molecular formula is C14H20N2O. The Morgan fingerprint density at radius 3 is 2.47 bits per heavy atom. The fraction of sp³-hybridized carbons (Fsp3) is 0.500. The third-order valence-electron chi connectivity index (χ3n) is 3.59. The molecule has 0 saturated carbocycles. The van der Waals surface area contributed by atoms with Crippen molar-refractivity contribution in [2.75, 3.05) is 13.1 Å². The van der Waals surface area contributed by atoms with Crippen molar-refractivity contribution in [2.24, 2.45) is 11.8 Å². The van der Waals surface area contributed by atoms with Gasteiger partial charge in [0.15, 0.2) is 0 Å². The van der Waals surface area contributed by atoms with Gasteiger partial charge in [-0.3, -0.25) is 4.79 Å². The third-order valence-corrected chi connectivity index (χ3v) is 3.59. The van der Waals surface area contributed by atoms with Crippen molar-refractivity contribution in [3.8, 4) is 0 Å². The quantitative estimate of drug-likeness (QED) is 0.830. The van der Waals surface area contributed by atoms with E-state index in [1.54, 1.807) is 0 Å². The maximum atomic E-state index is 12.0. The Bertz CT molecular complexity index is 373. The van der Waals surface area contributed by atoms with Gasteiger partial charge in [-0.15, -0.1) is 0 Å². The first-order valence-electron chi connectivity index (χ1n) is 6.24. The number of benzene rings is 1. The normalized spacial score (nSPS) is 19.2. The molecule has 1 saturated heterocycles. The lowest BCUT2D eigenvalue weighted by Crippen LogP contribution is -2.49. The molecule has 1 fully saturated rings. The van der Waals surface area contributed by atoms with Crippen LogP contribution >= 0.6 is 0 Å². The summed E-state index contributed by atoms with van der Waals surface area (Å²) in [6.07, 6.45) is 0. The highest BCUT2D eigenvalue weighted by Crippen LogP contribution is 2.18. The Morgan fingerprint density at radius 2 is 1.94 bits per heavy atom. The number of carbonyl (C=O) groups is 1. The molecular weight excluding hydrogens is 212 g/mol. The van der Waals surface area contributed by atoms with Crippen LogP contribution in [0.4, 0.5) is 0 Å². The molecule has 1 aromatic rings. The largest absolute Gasteiger partial charge is 0.349 e. The van der Waals surface area contributed by atoms with Crippen molar-refractivity contribution in [3.63, 3.8) is 0 Å². The van der Waals surface area contributed by atoms with Crippen LogP contribution < -0.4 is 10.6 Å². The van der Waals surface area contributed by atoms with Crippen LogP contribution in [-0.4, -0.2) is 19.0 Å². The molecule has 0 radical (unpaired) electrons. The molecule has 0 aromatic heterocycles. The molecule has 3 heteroatoms. The molecule has 0 aliphatic carbocycles. The highest BCUT2D eigenvalue weighted by molar-refractivity contribution is 5.79. The van der Waals surface area contributed by atoms with Gasteiger partial charge in [0, 0.05) is 5.92 Å². The van der Waals surface area contributed by atoms with E-state index in [1.165, 1.54) is 0 Å². The first kappa shape index (κ1) is 12.1. The Labute approximate surface area is 103 Å². The molecule has 1 heterocycles. The maximum Gasteiger partial charge on any atom is 0.223 e. The Kier molecular flexibility index (Phi) is 3.79. The van der Waals surface area contributed by atoms with Gasteiger partial charge in [0.25, 0.3) is 0 Å². The molecule has 2 rings (SSSR count). The second-order valence-electron chi connectivity index (χ2n) is 4.85. The third kappa shape index (κ3) is 2.86. The van der Waals surface area contributed by atoms with Gasteiger partial charge in [-0.2, -0.15) is 0 Å². The fourth-order valence-electron chi connectivity index (χ4n) is 2.05. The van der Waals surface area contributed by atoms with Crippen LogP contribution in [0.2, 0.25) is 0 Å². The molecule has 1 aliphatic heterocycles. The lowest BCUT2D eigenvalue weighted by molar-refractivity contribution is -0.127. The van der Waals surface area contributed by atoms with Crippen LogP contribution in [-0.2, 0) is 4.79 Å². The maximum absolute atomic E-state index is 12.0. The first-order chi connectivity index (χ1) is 8.18. The Morgan fingerprint density at radius 1 is 1.29 bits per heavy atom. The summed E-state index contributed by atoms with van der Waals surface area (Å²) in [5, 5.41) is 6.28. The topological polar surface area (TPSA) is 41.1 Å². The minimum atomic E-state index is 0.0826. The van der Waals surface area contributed by atoms with E-state index in [0.29, 0.717) is 5.92 Å². The highest BCUT2D eigenvalue weighted by Gasteiger charge is 2.29. The predicted molar refractivity (Wildman–Crippen MR) is 68.5 cm³/mol. The number of hydrogen-bond donors (Lipinski definition) is 2. The van der Waals surface area contributed by atoms with Crippen LogP contribution in [0, 0.1) is 11.8 Å². The van der Waals surface area contributed by atoms with Gasteiger partial charge in [0.05, 0.1) is 6.04 Å². The van der Waals surface area contributed by atoms with Gasteiger partial charge in [-0.1, -0.05) is 37.3 Å². The summed E-state index contributed by atoms with van der Waals surface area (Å²) in [5.74, 6) is 0.758. The summed E-state index contributed by atoms with van der Waals surface area (Å²) in [7, 11) is 0. The van der Waals surface area contributed by atoms with E-state index < -0.39 is 0 Å². The second-order valence-corrected chi connectivity index (χ2v) is 4.85. The van der Waals surface area contributed by atoms with Crippen molar-refractivity contribution < 1.29 is 4.79 Å². The zero-order chi connectivity index (χ0) is 12.3. The second kappa shape index (κ2) is 5.32. The standard InChI is InChI=1S/C14H20N2O/c1-10(13-8-15-9-13)14(17)16-11(2)12-6-4-3-5-7-12/h3-7,10-11,13,15H,8-9H2,1-2H3,(H,16,17). The van der Waals surface area contributed by atoms with E-state index in [0.717, 1.165) is 18.7 Å². The van der Waals surface area contributed by atoms with Crippen LogP contribution in [0.15, 0.2) is 30.3 Å². The van der Waals surface area contributed by atoms with E-state index in [2.05, 4.69) is 10.6 Å². The molecule has 17 heavy (non-hydrogen) atoms. The molecule has 92 valence electrons. The van der Waals surface area contributed by atoms with E-state index in [4.69, 9.17) is 0 Å². The van der Waals surface area contributed by atoms with Crippen molar-refractivity contribution >= 4 is 5.91 Å². The van der Waals surface area contributed by atoms with E-state index in [9.17, 15) is 4.79 Å². The monoisotopic (exact) mass is 232 g/mol. The summed E-state index contributed by atoms with van der Waals surface area (Å²) in [6.45, 7) is 5.97. The zero-order valence-electron chi connectivity index (χ0n) is 10.4. The molecule has 0 spiro atoms. The molecule has 2 N–H and O–H groups in total. The average Bonchev–Trinajstić information content (AvgIpc) is 2.27. The van der Waals surface area contributed by atoms with E-state index >= 15 is 0 Å². The lowest BCUT2D eigenvalue weighted by Gasteiger charge is -2.32. The van der Waals surface area contributed by atoms with Gasteiger partial charge < -0.3 is 10.6 Å². The number of nitrogens with one attached hydrogen (secondary N) is 2. The molecule has 1 aliphatic rings. The number of hydrogen-bond acceptors (Lipinski definition) is 2. The average molecular weight is 232 g/mol. The molecule has 1 aromatic carbocycles. The predicted octanol–water partition coefficient (Wildman–Crippen LogP) is 1.72. The molecule has 2 unspecified atom stereocenters. The van der Waals surface area contributed by atoms with Gasteiger partial charge >= 0.3 is 0 Å². The van der Waals surface area contributed by atoms with E-state index in [-0.39, 0.29) is 17.9 Å². The summed E-state index contributed by atoms with van der Waals surface area (Å²) in [6, 6.07) is 10.1. The minimum Gasteiger partial charge on any atom is -0.349 e. The summed E-state index contributed by atoms with van der Waals surface area (Å²) in [4.78, 5) is 12.0. The minimum absolute atomic E-state index is 0.0826. The van der Waals surface area contributed by atoms with Gasteiger partial charge in [0.2, 0.25) is 5.91 Å². The van der Waals surface area contributed by atoms with E-state index in [1.807, 2.05) is 44.2 Å². The fourth-order valence-corrected chi connectivity index (χ4v) is 2.05. The van der Waals surface area contributed by atoms with Crippen molar-refractivity contribution in [1.29, 1.82) is 0 Å². The molecule has 3 nitrogen and oxygen atoms in total. The number of carbonyl (C=O) groups excluding carboxylic acids is 1. The van der Waals surface area contributed by atoms with Crippen LogP contribution in [0.3, 0.4) is 0 Å². The van der Waals surface area contributed by atoms with Crippen molar-refractivity contribution in [1.82, 2.24) is 10.6 Å². The molecule has 0 bridgehead atoms. The summed E-state index contributed by atoms with van der Waals surface area (Å²) in [5.41, 5.74) is 1.15. The van der Waals surface area contributed by atoms with Gasteiger partial charge in [-0.25, -0.2) is 0 Å². The number of rotatable bonds is 4. The molecule has 2 atom stereocenters. The SMILES string of the molecule is CC(NC(=O)C(C)C1CNC1)c1ccccc1. The van der Waals surface area contributed by atoms with Crippen molar-refractivity contribution in [3.05, 3.63) is 35.9 Å². The van der Waals surface area contributed by atoms with Crippen LogP contribution in [0.5, 0.6) is 0 Å². The smallest absolute Gasteiger partial charge is 0.223 e. The van der Waals surface area contributed by atoms with Crippen LogP contribution in [0.25, 0.3) is 0 Å². The number of amides is 1. The Hall–Kier alpha value is -1.35.